The molecule has 6 aromatic rings. The summed E-state index contributed by atoms with van der Waals surface area (Å²) >= 11 is 0. The van der Waals surface area contributed by atoms with Crippen molar-refractivity contribution in [2.45, 2.75) is 82.8 Å². The van der Waals surface area contributed by atoms with E-state index in [4.69, 9.17) is 9.47 Å². The molecule has 1 aliphatic rings. The number of benzene rings is 4. The van der Waals surface area contributed by atoms with Gasteiger partial charge in [-0.05, 0) is 126 Å². The fraction of sp³-hybridized carbons (Fsp3) is 0.340. The minimum Gasteiger partial charge on any atom is -0.504 e. The number of aromatic amines is 2. The van der Waals surface area contributed by atoms with Gasteiger partial charge in [-0.2, -0.15) is 0 Å². The Hall–Kier alpha value is -5.47. The van der Waals surface area contributed by atoms with Crippen LogP contribution in [0.5, 0.6) is 23.0 Å². The van der Waals surface area contributed by atoms with Crippen LogP contribution >= 0.6 is 0 Å². The Morgan fingerprint density at radius 3 is 2.22 bits per heavy atom. The summed E-state index contributed by atoms with van der Waals surface area (Å²) in [5.74, 6) is 0.328. The Labute approximate surface area is 323 Å². The summed E-state index contributed by atoms with van der Waals surface area (Å²) < 4.78 is 12.1. The number of fused-ring (bicyclic) bond motifs is 1. The van der Waals surface area contributed by atoms with Crippen molar-refractivity contribution < 1.29 is 29.6 Å². The third-order valence-electron chi connectivity index (χ3n) is 11.3. The summed E-state index contributed by atoms with van der Waals surface area (Å²) in [5, 5.41) is 35.9. The van der Waals surface area contributed by atoms with Gasteiger partial charge in [-0.25, -0.2) is 0 Å². The predicted molar refractivity (Wildman–Crippen MR) is 216 cm³/mol. The second kappa shape index (κ2) is 17.8. The molecule has 55 heavy (non-hydrogen) atoms. The number of carbonyl (C=O) groups is 1. The Balaban J connectivity index is 1.15. The van der Waals surface area contributed by atoms with Gasteiger partial charge in [0.15, 0.2) is 23.0 Å². The number of aromatic nitrogens is 2. The lowest BCUT2D eigenvalue weighted by Gasteiger charge is -2.26. The second-order valence-electron chi connectivity index (χ2n) is 15.2. The molecule has 286 valence electrons. The smallest absolute Gasteiger partial charge is 0.164 e. The molecule has 1 fully saturated rings. The summed E-state index contributed by atoms with van der Waals surface area (Å²) in [5.41, 5.74) is 5.88. The van der Waals surface area contributed by atoms with E-state index < -0.39 is 12.0 Å². The van der Waals surface area contributed by atoms with E-state index in [9.17, 15) is 20.1 Å². The maximum Gasteiger partial charge on any atom is 0.164 e. The van der Waals surface area contributed by atoms with Crippen molar-refractivity contribution in [1.29, 1.82) is 0 Å². The molecule has 0 amide bonds. The van der Waals surface area contributed by atoms with Crippen molar-refractivity contribution >= 4 is 16.6 Å². The van der Waals surface area contributed by atoms with Crippen molar-refractivity contribution in [3.05, 3.63) is 143 Å². The highest BCUT2D eigenvalue weighted by Crippen LogP contribution is 2.38. The molecule has 8 nitrogen and oxygen atoms in total. The van der Waals surface area contributed by atoms with Gasteiger partial charge in [0.25, 0.3) is 0 Å². The Morgan fingerprint density at radius 1 is 0.764 bits per heavy atom. The molecule has 0 spiro atoms. The van der Waals surface area contributed by atoms with E-state index in [0.717, 1.165) is 69.8 Å². The molecule has 5 N–H and O–H groups in total. The van der Waals surface area contributed by atoms with Crippen LogP contribution in [0.1, 0.15) is 71.9 Å². The van der Waals surface area contributed by atoms with Crippen LogP contribution in [-0.4, -0.2) is 50.4 Å². The van der Waals surface area contributed by atoms with Crippen LogP contribution in [0, 0.1) is 11.8 Å². The Bertz CT molecular complexity index is 2150. The highest BCUT2D eigenvalue weighted by atomic mass is 16.5. The van der Waals surface area contributed by atoms with Gasteiger partial charge < -0.3 is 34.8 Å². The van der Waals surface area contributed by atoms with Crippen molar-refractivity contribution in [1.82, 2.24) is 9.97 Å². The summed E-state index contributed by atoms with van der Waals surface area (Å²) in [6.45, 7) is 0. The number of methoxy groups -OCH3 is 1. The maximum absolute atomic E-state index is 14.4. The minimum absolute atomic E-state index is 0.0123. The lowest BCUT2D eigenvalue weighted by atomic mass is 9.81. The molecule has 2 heterocycles. The molecule has 1 saturated carbocycles. The number of aliphatic hydroxyl groups excluding tert-OH is 1. The summed E-state index contributed by atoms with van der Waals surface area (Å²) in [7, 11) is 1.57. The van der Waals surface area contributed by atoms with Crippen molar-refractivity contribution in [3.63, 3.8) is 0 Å². The first-order valence-corrected chi connectivity index (χ1v) is 19.6. The number of aromatic hydroxyl groups is 2. The standard InChI is InChI=1S/C47H52N2O6/c1-54-47-41(27-35-10-7-9-34-8-5-6-13-40(34)35)36(15-17-43(47)51)26-38(24-33-19-21-49-30-33)45(53)28-44(52)37(23-32-18-20-48-29-32)22-31-14-16-42(50)46(25-31)55-39-11-3-2-4-12-39/h5-10,13-21,25,29-30,37-39,45,48-51,53H,2-4,11-12,22-24,26-28H2,1H3. The topological polar surface area (TPSA) is 128 Å². The van der Waals surface area contributed by atoms with Crippen molar-refractivity contribution in [2.24, 2.45) is 11.8 Å². The summed E-state index contributed by atoms with van der Waals surface area (Å²) in [6, 6.07) is 27.5. The lowest BCUT2D eigenvalue weighted by molar-refractivity contribution is -0.125. The fourth-order valence-corrected chi connectivity index (χ4v) is 8.36. The molecule has 7 rings (SSSR count). The van der Waals surface area contributed by atoms with E-state index in [1.807, 2.05) is 73.3 Å². The molecule has 0 saturated heterocycles. The average molecular weight is 741 g/mol. The predicted octanol–water partition coefficient (Wildman–Crippen LogP) is 9.04. The van der Waals surface area contributed by atoms with Gasteiger partial charge in [-0.3, -0.25) is 4.79 Å². The van der Waals surface area contributed by atoms with Crippen LogP contribution in [0.2, 0.25) is 0 Å². The molecule has 0 bridgehead atoms. The zero-order valence-corrected chi connectivity index (χ0v) is 31.5. The largest absolute Gasteiger partial charge is 0.504 e. The van der Waals surface area contributed by atoms with Crippen LogP contribution in [0.4, 0.5) is 0 Å². The van der Waals surface area contributed by atoms with E-state index in [-0.39, 0.29) is 35.7 Å². The van der Waals surface area contributed by atoms with Crippen LogP contribution in [0.15, 0.2) is 110 Å². The molecule has 4 aromatic carbocycles. The van der Waals surface area contributed by atoms with E-state index in [0.29, 0.717) is 43.6 Å². The third kappa shape index (κ3) is 9.43. The number of aliphatic hydroxyl groups is 1. The van der Waals surface area contributed by atoms with E-state index in [2.05, 4.69) is 34.2 Å². The minimum atomic E-state index is -0.939. The maximum atomic E-state index is 14.4. The molecule has 8 heteroatoms. The van der Waals surface area contributed by atoms with E-state index in [1.54, 1.807) is 19.2 Å². The molecule has 3 unspecified atom stereocenters. The number of carbonyl (C=O) groups excluding carboxylic acids is 1. The number of hydrogen-bond acceptors (Lipinski definition) is 6. The molecule has 0 aliphatic heterocycles. The normalized spacial score (nSPS) is 15.1. The van der Waals surface area contributed by atoms with Gasteiger partial charge in [0, 0.05) is 49.1 Å². The van der Waals surface area contributed by atoms with Gasteiger partial charge in [0.1, 0.15) is 5.78 Å². The molecule has 2 aromatic heterocycles. The van der Waals surface area contributed by atoms with Gasteiger partial charge in [0.05, 0.1) is 19.3 Å². The zero-order valence-electron chi connectivity index (χ0n) is 31.5. The van der Waals surface area contributed by atoms with Crippen molar-refractivity contribution in [2.75, 3.05) is 7.11 Å². The second-order valence-corrected chi connectivity index (χ2v) is 15.2. The molecule has 1 aliphatic carbocycles. The van der Waals surface area contributed by atoms with Gasteiger partial charge in [-0.1, -0.05) is 61.0 Å². The highest BCUT2D eigenvalue weighted by Gasteiger charge is 2.29. The number of ketones is 1. The number of ether oxygens (including phenoxy) is 2. The fourth-order valence-electron chi connectivity index (χ4n) is 8.36. The van der Waals surface area contributed by atoms with Gasteiger partial charge >= 0.3 is 0 Å². The van der Waals surface area contributed by atoms with Crippen LogP contribution in [0.25, 0.3) is 10.8 Å². The number of rotatable bonds is 17. The molecular formula is C47H52N2O6. The number of Topliss-reactive ketones (excluding diaryl/α,β-unsaturated/α-hetero) is 1. The first kappa shape index (κ1) is 37.8. The van der Waals surface area contributed by atoms with Gasteiger partial charge in [-0.15, -0.1) is 0 Å². The monoisotopic (exact) mass is 740 g/mol. The van der Waals surface area contributed by atoms with Crippen molar-refractivity contribution in [3.8, 4) is 23.0 Å². The Morgan fingerprint density at radius 2 is 1.47 bits per heavy atom. The molecular weight excluding hydrogens is 689 g/mol. The summed E-state index contributed by atoms with van der Waals surface area (Å²) in [4.78, 5) is 20.6. The quantitative estimate of drug-likeness (QED) is 0.0635. The lowest BCUT2D eigenvalue weighted by Crippen LogP contribution is -2.31. The number of hydrogen-bond donors (Lipinski definition) is 5. The first-order valence-electron chi connectivity index (χ1n) is 19.6. The number of phenols is 2. The zero-order chi connectivity index (χ0) is 38.1. The van der Waals surface area contributed by atoms with Crippen LogP contribution in [-0.2, 0) is 36.9 Å². The average Bonchev–Trinajstić information content (AvgIpc) is 3.92. The number of H-pyrrole nitrogens is 2. The van der Waals surface area contributed by atoms with E-state index >= 15 is 0 Å². The van der Waals surface area contributed by atoms with Crippen LogP contribution in [0.3, 0.4) is 0 Å². The van der Waals surface area contributed by atoms with E-state index in [1.165, 1.54) is 6.42 Å². The summed E-state index contributed by atoms with van der Waals surface area (Å²) in [6.07, 6.45) is 14.6. The SMILES string of the molecule is COc1c(O)ccc(CC(Cc2cc[nH]c2)C(O)CC(=O)C(Cc2cc[nH]c2)Cc2ccc(O)c(OC3CCCCC3)c2)c1Cc1cccc2ccccc12. The molecule has 3 atom stereocenters. The number of nitrogens with one attached hydrogen (secondary N) is 2. The van der Waals surface area contributed by atoms with Gasteiger partial charge in [0.2, 0.25) is 0 Å². The Kier molecular flexibility index (Phi) is 12.2. The third-order valence-corrected chi connectivity index (χ3v) is 11.3. The molecule has 0 radical (unpaired) electrons. The number of phenolic OH excluding ortho intramolecular Hbond substituents is 2. The highest BCUT2D eigenvalue weighted by molar-refractivity contribution is 5.86. The first-order chi connectivity index (χ1) is 26.8. The van der Waals surface area contributed by atoms with Crippen LogP contribution < -0.4 is 9.47 Å².